The Morgan fingerprint density at radius 1 is 1.58 bits per heavy atom. The molecule has 1 heterocycles. The summed E-state index contributed by atoms with van der Waals surface area (Å²) in [4.78, 5) is 3.72. The second-order valence-electron chi connectivity index (χ2n) is 4.38. The lowest BCUT2D eigenvalue weighted by molar-refractivity contribution is 0.0292. The minimum Gasteiger partial charge on any atom is -0.389 e. The first kappa shape index (κ1) is 16.3. The molecule has 6 nitrogen and oxygen atoms in total. The molecule has 0 saturated carbocycles. The first-order chi connectivity index (χ1) is 8.77. The Bertz CT molecular complexity index is 519. The summed E-state index contributed by atoms with van der Waals surface area (Å²) in [6.45, 7) is 1.77. The van der Waals surface area contributed by atoms with Crippen LogP contribution in [-0.4, -0.2) is 44.4 Å². The van der Waals surface area contributed by atoms with Crippen LogP contribution in [0, 0.1) is 0 Å². The summed E-state index contributed by atoms with van der Waals surface area (Å²) in [5.41, 5.74) is -1.18. The number of sulfonamides is 1. The molecule has 1 unspecified atom stereocenters. The number of aliphatic hydroxyl groups is 1. The number of pyridine rings is 1. The summed E-state index contributed by atoms with van der Waals surface area (Å²) in [6.07, 6.45) is 1.63. The molecule has 0 aliphatic carbocycles. The molecule has 0 radical (unpaired) electrons. The molecule has 2 N–H and O–H groups in total. The zero-order chi connectivity index (χ0) is 14.5. The fraction of sp³-hybridized carbons (Fsp3) is 0.545. The van der Waals surface area contributed by atoms with Gasteiger partial charge in [-0.3, -0.25) is 0 Å². The summed E-state index contributed by atoms with van der Waals surface area (Å²) >= 11 is 5.64. The van der Waals surface area contributed by atoms with Gasteiger partial charge in [0.15, 0.2) is 0 Å². The van der Waals surface area contributed by atoms with Crippen molar-refractivity contribution in [2.75, 3.05) is 20.3 Å². The predicted molar refractivity (Wildman–Crippen MR) is 71.6 cm³/mol. The highest BCUT2D eigenvalue weighted by atomic mass is 35.5. The highest BCUT2D eigenvalue weighted by molar-refractivity contribution is 7.89. The summed E-state index contributed by atoms with van der Waals surface area (Å²) in [6, 6.07) is 2.58. The number of aromatic nitrogens is 1. The van der Waals surface area contributed by atoms with Crippen molar-refractivity contribution >= 4 is 21.6 Å². The standard InChI is InChI=1S/C11H17ClN2O4S/c1-11(15,4-6-18-2)8-14-19(16,17)9-3-5-13-10(12)7-9/h3,5,7,14-15H,4,6,8H2,1-2H3. The Balaban J connectivity index is 2.71. The van der Waals surface area contributed by atoms with Gasteiger partial charge in [0.2, 0.25) is 10.0 Å². The molecular formula is C11H17ClN2O4S. The molecule has 1 aromatic rings. The Kier molecular flexibility index (Phi) is 5.69. The molecule has 0 fully saturated rings. The number of nitrogens with zero attached hydrogens (tertiary/aromatic N) is 1. The van der Waals surface area contributed by atoms with Gasteiger partial charge >= 0.3 is 0 Å². The summed E-state index contributed by atoms with van der Waals surface area (Å²) in [5.74, 6) is 0. The molecule has 108 valence electrons. The minimum absolute atomic E-state index is 0.00930. The zero-order valence-electron chi connectivity index (χ0n) is 10.8. The zero-order valence-corrected chi connectivity index (χ0v) is 12.3. The SMILES string of the molecule is COCCC(C)(O)CNS(=O)(=O)c1ccnc(Cl)c1. The second-order valence-corrected chi connectivity index (χ2v) is 6.53. The van der Waals surface area contributed by atoms with Gasteiger partial charge in [-0.1, -0.05) is 11.6 Å². The molecule has 0 spiro atoms. The van der Waals surface area contributed by atoms with Crippen LogP contribution in [0.15, 0.2) is 23.2 Å². The van der Waals surface area contributed by atoms with Gasteiger partial charge in [0.25, 0.3) is 0 Å². The summed E-state index contributed by atoms with van der Waals surface area (Å²) in [5, 5.41) is 10.1. The first-order valence-electron chi connectivity index (χ1n) is 5.59. The van der Waals surface area contributed by atoms with E-state index in [9.17, 15) is 13.5 Å². The summed E-state index contributed by atoms with van der Waals surface area (Å²) in [7, 11) is -2.20. The van der Waals surface area contributed by atoms with Gasteiger partial charge in [0.05, 0.1) is 10.5 Å². The maximum absolute atomic E-state index is 12.0. The van der Waals surface area contributed by atoms with Crippen molar-refractivity contribution in [1.29, 1.82) is 0 Å². The van der Waals surface area contributed by atoms with Crippen molar-refractivity contribution in [3.8, 4) is 0 Å². The van der Waals surface area contributed by atoms with Gasteiger partial charge in [0.1, 0.15) is 5.15 Å². The third-order valence-corrected chi connectivity index (χ3v) is 4.10. The number of nitrogens with one attached hydrogen (secondary N) is 1. The van der Waals surface area contributed by atoms with E-state index in [1.54, 1.807) is 0 Å². The molecule has 1 rings (SSSR count). The van der Waals surface area contributed by atoms with Gasteiger partial charge in [-0.05, 0) is 19.1 Å². The molecule has 0 aliphatic rings. The van der Waals surface area contributed by atoms with Gasteiger partial charge in [-0.2, -0.15) is 0 Å². The Hall–Kier alpha value is -0.730. The van der Waals surface area contributed by atoms with Crippen molar-refractivity contribution in [3.05, 3.63) is 23.5 Å². The monoisotopic (exact) mass is 308 g/mol. The highest BCUT2D eigenvalue weighted by Crippen LogP contribution is 2.14. The van der Waals surface area contributed by atoms with E-state index in [0.29, 0.717) is 13.0 Å². The lowest BCUT2D eigenvalue weighted by Crippen LogP contribution is -2.41. The van der Waals surface area contributed by atoms with Crippen LogP contribution in [0.4, 0.5) is 0 Å². The van der Waals surface area contributed by atoms with Crippen molar-refractivity contribution in [2.45, 2.75) is 23.8 Å². The average Bonchev–Trinajstić information content (AvgIpc) is 2.34. The topological polar surface area (TPSA) is 88.5 Å². The fourth-order valence-electron chi connectivity index (χ4n) is 1.30. The number of hydrogen-bond acceptors (Lipinski definition) is 5. The Morgan fingerprint density at radius 3 is 2.84 bits per heavy atom. The smallest absolute Gasteiger partial charge is 0.240 e. The van der Waals surface area contributed by atoms with Crippen molar-refractivity contribution < 1.29 is 18.3 Å². The number of rotatable bonds is 7. The lowest BCUT2D eigenvalue weighted by Gasteiger charge is -2.23. The largest absolute Gasteiger partial charge is 0.389 e. The average molecular weight is 309 g/mol. The second kappa shape index (κ2) is 6.62. The van der Waals surface area contributed by atoms with Crippen molar-refractivity contribution in [2.24, 2.45) is 0 Å². The predicted octanol–water partition coefficient (Wildman–Crippen LogP) is 0.801. The molecule has 19 heavy (non-hydrogen) atoms. The van der Waals surface area contributed by atoms with E-state index < -0.39 is 15.6 Å². The van der Waals surface area contributed by atoms with Crippen molar-refractivity contribution in [1.82, 2.24) is 9.71 Å². The number of hydrogen-bond donors (Lipinski definition) is 2. The molecule has 0 saturated heterocycles. The number of halogens is 1. The van der Waals surface area contributed by atoms with E-state index >= 15 is 0 Å². The van der Waals surface area contributed by atoms with E-state index in [2.05, 4.69) is 9.71 Å². The van der Waals surface area contributed by atoms with Crippen LogP contribution in [0.5, 0.6) is 0 Å². The first-order valence-corrected chi connectivity index (χ1v) is 7.45. The van der Waals surface area contributed by atoms with E-state index in [4.69, 9.17) is 16.3 Å². The molecule has 0 bridgehead atoms. The van der Waals surface area contributed by atoms with Gasteiger partial charge < -0.3 is 9.84 Å². The van der Waals surface area contributed by atoms with Crippen molar-refractivity contribution in [3.63, 3.8) is 0 Å². The Morgan fingerprint density at radius 2 is 2.26 bits per heavy atom. The molecular weight excluding hydrogens is 292 g/mol. The number of ether oxygens (including phenoxy) is 1. The van der Waals surface area contributed by atoms with Crippen LogP contribution >= 0.6 is 11.6 Å². The van der Waals surface area contributed by atoms with Crippen LogP contribution in [0.2, 0.25) is 5.15 Å². The molecule has 0 amide bonds. The molecule has 1 aromatic heterocycles. The Labute approximate surface area is 117 Å². The third kappa shape index (κ3) is 5.42. The fourth-order valence-corrected chi connectivity index (χ4v) is 2.71. The highest BCUT2D eigenvalue weighted by Gasteiger charge is 2.24. The van der Waals surface area contributed by atoms with Gasteiger partial charge in [-0.25, -0.2) is 18.1 Å². The molecule has 0 aliphatic heterocycles. The third-order valence-electron chi connectivity index (χ3n) is 2.50. The van der Waals surface area contributed by atoms with Crippen LogP contribution < -0.4 is 4.72 Å². The maximum Gasteiger partial charge on any atom is 0.240 e. The maximum atomic E-state index is 12.0. The van der Waals surface area contributed by atoms with E-state index in [-0.39, 0.29) is 16.6 Å². The normalized spacial score (nSPS) is 15.2. The molecule has 1 atom stereocenters. The minimum atomic E-state index is -3.72. The molecule has 0 aromatic carbocycles. The van der Waals surface area contributed by atoms with Gasteiger partial charge in [-0.15, -0.1) is 0 Å². The quantitative estimate of drug-likeness (QED) is 0.727. The van der Waals surface area contributed by atoms with E-state index in [1.807, 2.05) is 0 Å². The van der Waals surface area contributed by atoms with E-state index in [1.165, 1.54) is 32.4 Å². The summed E-state index contributed by atoms with van der Waals surface area (Å²) < 4.78 is 31.1. The van der Waals surface area contributed by atoms with Gasteiger partial charge in [0, 0.05) is 32.9 Å². The van der Waals surface area contributed by atoms with Crippen LogP contribution in [0.25, 0.3) is 0 Å². The van der Waals surface area contributed by atoms with E-state index in [0.717, 1.165) is 0 Å². The van der Waals surface area contributed by atoms with Crippen LogP contribution in [-0.2, 0) is 14.8 Å². The van der Waals surface area contributed by atoms with Crippen LogP contribution in [0.3, 0.4) is 0 Å². The van der Waals surface area contributed by atoms with Crippen LogP contribution in [0.1, 0.15) is 13.3 Å². The number of methoxy groups -OCH3 is 1. The lowest BCUT2D eigenvalue weighted by atomic mass is 10.0. The molecule has 8 heteroatoms.